The number of hydrogen-bond donors (Lipinski definition) is 0. The second-order valence-corrected chi connectivity index (χ2v) is 6.81. The monoisotopic (exact) mass is 341 g/mol. The van der Waals surface area contributed by atoms with Crippen molar-refractivity contribution in [1.82, 2.24) is 0 Å². The van der Waals surface area contributed by atoms with Crippen LogP contribution in [0.1, 0.15) is 96.8 Å². The molecule has 0 rings (SSSR count). The van der Waals surface area contributed by atoms with Crippen molar-refractivity contribution in [3.8, 4) is 0 Å². The molecule has 0 aliphatic heterocycles. The summed E-state index contributed by atoms with van der Waals surface area (Å²) in [5, 5.41) is 0. The molecule has 0 aromatic rings. The minimum Gasteiger partial charge on any atom is -0.0845 e. The molecule has 0 amide bonds. The van der Waals surface area contributed by atoms with E-state index in [4.69, 9.17) is 6.58 Å². The van der Waals surface area contributed by atoms with E-state index in [0.29, 0.717) is 0 Å². The molecule has 0 atom stereocenters. The molecule has 0 bridgehead atoms. The third-order valence-corrected chi connectivity index (χ3v) is 4.39. The number of unbranched alkanes of at least 4 members (excludes halogenated alkanes) is 13. The van der Waals surface area contributed by atoms with Gasteiger partial charge in [-0.15, -0.1) is 0 Å². The lowest BCUT2D eigenvalue weighted by Crippen LogP contribution is -1.82. The van der Waals surface area contributed by atoms with Crippen molar-refractivity contribution >= 4 is 0 Å². The van der Waals surface area contributed by atoms with Crippen molar-refractivity contribution in [3.05, 3.63) is 61.3 Å². The summed E-state index contributed by atoms with van der Waals surface area (Å²) >= 11 is 0. The van der Waals surface area contributed by atoms with Crippen LogP contribution in [-0.2, 0) is 0 Å². The molecule has 0 fully saturated rings. The van der Waals surface area contributed by atoms with Crippen molar-refractivity contribution in [2.45, 2.75) is 96.8 Å². The van der Waals surface area contributed by atoms with E-state index in [-0.39, 0.29) is 0 Å². The van der Waals surface area contributed by atoms with Gasteiger partial charge in [0.2, 0.25) is 0 Å². The van der Waals surface area contributed by atoms with Gasteiger partial charge in [0.1, 0.15) is 0 Å². The Morgan fingerprint density at radius 1 is 0.480 bits per heavy atom. The van der Waals surface area contributed by atoms with E-state index in [0.717, 1.165) is 0 Å². The van der Waals surface area contributed by atoms with Crippen LogP contribution in [0.2, 0.25) is 0 Å². The van der Waals surface area contributed by atoms with E-state index in [9.17, 15) is 0 Å². The van der Waals surface area contributed by atoms with Gasteiger partial charge >= 0.3 is 0 Å². The fourth-order valence-corrected chi connectivity index (χ4v) is 2.84. The molecular weight excluding hydrogens is 300 g/mol. The first-order valence-corrected chi connectivity index (χ1v) is 10.6. The Bertz CT molecular complexity index is 367. The van der Waals surface area contributed by atoms with Crippen LogP contribution in [0.15, 0.2) is 54.7 Å². The van der Waals surface area contributed by atoms with E-state index in [1.807, 2.05) is 30.4 Å². The summed E-state index contributed by atoms with van der Waals surface area (Å²) in [7, 11) is 0. The van der Waals surface area contributed by atoms with E-state index in [2.05, 4.69) is 25.2 Å². The van der Waals surface area contributed by atoms with Gasteiger partial charge in [0.05, 0.1) is 0 Å². The third-order valence-electron chi connectivity index (χ3n) is 4.39. The van der Waals surface area contributed by atoms with Crippen LogP contribution in [0.25, 0.3) is 0 Å². The smallest absolute Gasteiger partial charge is 0.0348 e. The molecule has 0 nitrogen and oxygen atoms in total. The van der Waals surface area contributed by atoms with E-state index in [1.165, 1.54) is 96.0 Å². The molecule has 0 heteroatoms. The van der Waals surface area contributed by atoms with Crippen molar-refractivity contribution in [1.29, 1.82) is 0 Å². The van der Waals surface area contributed by atoms with Crippen LogP contribution in [0.3, 0.4) is 0 Å². The van der Waals surface area contributed by atoms with Gasteiger partial charge in [-0.25, -0.2) is 0 Å². The molecule has 0 saturated heterocycles. The molecule has 0 N–H and O–H groups in total. The fourth-order valence-electron chi connectivity index (χ4n) is 2.84. The highest BCUT2D eigenvalue weighted by Crippen LogP contribution is 2.12. The van der Waals surface area contributed by atoms with Crippen molar-refractivity contribution in [2.75, 3.05) is 0 Å². The van der Waals surface area contributed by atoms with Gasteiger partial charge in [-0.2, -0.15) is 0 Å². The highest BCUT2D eigenvalue weighted by molar-refractivity contribution is 5.16. The Hall–Kier alpha value is -1.30. The van der Waals surface area contributed by atoms with E-state index in [1.54, 1.807) is 0 Å². The predicted molar refractivity (Wildman–Crippen MR) is 116 cm³/mol. The molecule has 0 aliphatic rings. The molecule has 1 radical (unpaired) electrons. The highest BCUT2D eigenvalue weighted by Gasteiger charge is 1.93. The lowest BCUT2D eigenvalue weighted by Gasteiger charge is -2.02. The molecule has 0 aromatic carbocycles. The highest BCUT2D eigenvalue weighted by atomic mass is 14.0. The Morgan fingerprint density at radius 2 is 0.880 bits per heavy atom. The molecule has 0 heterocycles. The summed E-state index contributed by atoms with van der Waals surface area (Å²) in [5.41, 5.74) is 0. The number of rotatable bonds is 18. The molecular formula is C25H41. The van der Waals surface area contributed by atoms with Crippen LogP contribution >= 0.6 is 0 Å². The summed E-state index contributed by atoms with van der Waals surface area (Å²) in [4.78, 5) is 0. The Kier molecular flexibility index (Phi) is 21.5. The standard InChI is InChI=1S/C25H41/c1-3-5-7-9-11-13-15-17-19-21-23-25-24-22-20-18-16-14-12-10-8-6-4-2/h1,3,5,7,9,11,13,15,17,19H,4,6,8,10,12,14,16,18,20-25H2,2H3/b3-1?,7-5+,11-9+,15-13+,19-17+. The molecule has 25 heavy (non-hydrogen) atoms. The Balaban J connectivity index is 3.21. The molecule has 0 aliphatic carbocycles. The zero-order valence-corrected chi connectivity index (χ0v) is 16.7. The Labute approximate surface area is 158 Å². The van der Waals surface area contributed by atoms with Gasteiger partial charge in [-0.1, -0.05) is 145 Å². The van der Waals surface area contributed by atoms with Gasteiger partial charge in [-0.05, 0) is 12.8 Å². The summed E-state index contributed by atoms with van der Waals surface area (Å²) in [6, 6.07) is 0. The minimum absolute atomic E-state index is 1.20. The average molecular weight is 342 g/mol. The molecule has 0 unspecified atom stereocenters. The largest absolute Gasteiger partial charge is 0.0845 e. The van der Waals surface area contributed by atoms with Crippen molar-refractivity contribution < 1.29 is 0 Å². The number of hydrogen-bond acceptors (Lipinski definition) is 0. The second kappa shape index (κ2) is 22.7. The SMILES string of the molecule is [CH]=C/C=C/C=C/C=C/C=C/CCCCCCCCCCCCCCC. The maximum Gasteiger partial charge on any atom is -0.0348 e. The number of allylic oxidation sites excluding steroid dienone is 9. The average Bonchev–Trinajstić information content (AvgIpc) is 2.63. The molecule has 0 aromatic heterocycles. The maximum absolute atomic E-state index is 5.24. The van der Waals surface area contributed by atoms with Crippen molar-refractivity contribution in [2.24, 2.45) is 0 Å². The molecule has 0 saturated carbocycles. The summed E-state index contributed by atoms with van der Waals surface area (Å²) in [5.74, 6) is 0. The summed E-state index contributed by atoms with van der Waals surface area (Å²) < 4.78 is 0. The zero-order valence-electron chi connectivity index (χ0n) is 16.7. The quantitative estimate of drug-likeness (QED) is 0.173. The zero-order chi connectivity index (χ0) is 18.3. The first kappa shape index (κ1) is 23.7. The lowest BCUT2D eigenvalue weighted by atomic mass is 10.0. The first-order chi connectivity index (χ1) is 12.4. The first-order valence-electron chi connectivity index (χ1n) is 10.6. The van der Waals surface area contributed by atoms with Crippen LogP contribution < -0.4 is 0 Å². The summed E-state index contributed by atoms with van der Waals surface area (Å²) in [6.07, 6.45) is 37.5. The van der Waals surface area contributed by atoms with E-state index < -0.39 is 0 Å². The van der Waals surface area contributed by atoms with Crippen LogP contribution in [0.4, 0.5) is 0 Å². The van der Waals surface area contributed by atoms with Gasteiger partial charge in [0.25, 0.3) is 0 Å². The van der Waals surface area contributed by atoms with Crippen LogP contribution in [0.5, 0.6) is 0 Å². The van der Waals surface area contributed by atoms with Gasteiger partial charge in [0.15, 0.2) is 0 Å². The van der Waals surface area contributed by atoms with Crippen LogP contribution in [-0.4, -0.2) is 0 Å². The lowest BCUT2D eigenvalue weighted by molar-refractivity contribution is 0.540. The van der Waals surface area contributed by atoms with E-state index >= 15 is 0 Å². The fraction of sp³-hybridized carbons (Fsp3) is 0.600. The Morgan fingerprint density at radius 3 is 1.36 bits per heavy atom. The molecule has 0 spiro atoms. The minimum atomic E-state index is 1.20. The normalized spacial score (nSPS) is 12.4. The molecule has 141 valence electrons. The second-order valence-electron chi connectivity index (χ2n) is 6.81. The van der Waals surface area contributed by atoms with Crippen LogP contribution in [0, 0.1) is 6.58 Å². The summed E-state index contributed by atoms with van der Waals surface area (Å²) in [6.45, 7) is 7.53. The maximum atomic E-state index is 5.24. The van der Waals surface area contributed by atoms with Crippen molar-refractivity contribution in [3.63, 3.8) is 0 Å². The van der Waals surface area contributed by atoms with Gasteiger partial charge in [0, 0.05) is 0 Å². The topological polar surface area (TPSA) is 0 Å². The van der Waals surface area contributed by atoms with Gasteiger partial charge in [-0.3, -0.25) is 0 Å². The van der Waals surface area contributed by atoms with Gasteiger partial charge < -0.3 is 0 Å². The predicted octanol–water partition coefficient (Wildman–Crippen LogP) is 8.68. The third kappa shape index (κ3) is 22.7.